The van der Waals surface area contributed by atoms with Gasteiger partial charge in [-0.3, -0.25) is 4.79 Å². The maximum Gasteiger partial charge on any atom is 0.229 e. The lowest BCUT2D eigenvalue weighted by Gasteiger charge is -2.61. The Labute approximate surface area is 176 Å². The van der Waals surface area contributed by atoms with Gasteiger partial charge in [-0.05, 0) is 57.3 Å². The van der Waals surface area contributed by atoms with Crippen LogP contribution in [0.1, 0.15) is 96.9 Å². The van der Waals surface area contributed by atoms with Gasteiger partial charge in [0.25, 0.3) is 0 Å². The third kappa shape index (κ3) is 3.77. The molecule has 1 rings (SSSR count). The lowest BCUT2D eigenvalue weighted by Crippen LogP contribution is -2.72. The van der Waals surface area contributed by atoms with Crippen LogP contribution in [-0.4, -0.2) is 33.6 Å². The quantitative estimate of drug-likeness (QED) is 0.520. The van der Waals surface area contributed by atoms with Crippen molar-refractivity contribution in [1.29, 1.82) is 0 Å². The fraction of sp³-hybridized carbons (Fsp3) is 0.960. The summed E-state index contributed by atoms with van der Waals surface area (Å²) >= 11 is 0. The first-order valence-electron chi connectivity index (χ1n) is 11.5. The summed E-state index contributed by atoms with van der Waals surface area (Å²) in [5, 5.41) is 0. The molecule has 4 unspecified atom stereocenters. The Bertz CT molecular complexity index is 549. The van der Waals surface area contributed by atoms with Crippen LogP contribution in [0.15, 0.2) is 0 Å². The van der Waals surface area contributed by atoms with Gasteiger partial charge in [-0.15, -0.1) is 0 Å². The van der Waals surface area contributed by atoms with E-state index in [1.165, 1.54) is 0 Å². The Kier molecular flexibility index (Phi) is 7.53. The molecule has 1 amide bonds. The van der Waals surface area contributed by atoms with Crippen molar-refractivity contribution in [2.75, 3.05) is 0 Å². The van der Waals surface area contributed by atoms with Crippen LogP contribution < -0.4 is 0 Å². The molecule has 0 aromatic carbocycles. The molecule has 0 bridgehead atoms. The van der Waals surface area contributed by atoms with E-state index in [4.69, 9.17) is 4.74 Å². The van der Waals surface area contributed by atoms with Crippen molar-refractivity contribution in [2.45, 2.75) is 120 Å². The number of rotatable bonds is 6. The van der Waals surface area contributed by atoms with Gasteiger partial charge in [0, 0.05) is 5.54 Å². The lowest BCUT2D eigenvalue weighted by atomic mass is 9.65. The average Bonchev–Trinajstić information content (AvgIpc) is 2.60. The van der Waals surface area contributed by atoms with Crippen molar-refractivity contribution >= 4 is 5.91 Å². The zero-order chi connectivity index (χ0) is 22.4. The number of hydrogen-bond acceptors (Lipinski definition) is 2. The average molecular weight is 396 g/mol. The van der Waals surface area contributed by atoms with Gasteiger partial charge >= 0.3 is 0 Å². The number of nitrogens with zero attached hydrogens (tertiary/aromatic N) is 1. The van der Waals surface area contributed by atoms with Crippen LogP contribution in [0, 0.1) is 35.5 Å². The summed E-state index contributed by atoms with van der Waals surface area (Å²) in [7, 11) is 0. The Balaban J connectivity index is 3.98. The molecule has 1 saturated heterocycles. The summed E-state index contributed by atoms with van der Waals surface area (Å²) in [6.07, 6.45) is -0.0778. The van der Waals surface area contributed by atoms with Crippen LogP contribution in [0.4, 0.5) is 0 Å². The van der Waals surface area contributed by atoms with E-state index in [0.717, 1.165) is 0 Å². The minimum atomic E-state index is -0.443. The zero-order valence-corrected chi connectivity index (χ0v) is 21.3. The van der Waals surface area contributed by atoms with Crippen molar-refractivity contribution < 1.29 is 9.53 Å². The van der Waals surface area contributed by atoms with Gasteiger partial charge in [0.15, 0.2) is 0 Å². The van der Waals surface area contributed by atoms with E-state index in [1.807, 2.05) is 0 Å². The maximum absolute atomic E-state index is 14.3. The second-order valence-electron chi connectivity index (χ2n) is 11.6. The minimum Gasteiger partial charge on any atom is -0.368 e. The fourth-order valence-corrected chi connectivity index (χ4v) is 5.12. The lowest BCUT2D eigenvalue weighted by molar-refractivity contribution is -0.209. The number of hydrogen-bond donors (Lipinski definition) is 0. The van der Waals surface area contributed by atoms with Crippen LogP contribution in [0.3, 0.4) is 0 Å². The molecule has 28 heavy (non-hydrogen) atoms. The summed E-state index contributed by atoms with van der Waals surface area (Å²) in [5.41, 5.74) is -1.13. The summed E-state index contributed by atoms with van der Waals surface area (Å²) in [4.78, 5) is 16.6. The van der Waals surface area contributed by atoms with E-state index in [1.54, 1.807) is 0 Å². The van der Waals surface area contributed by atoms with E-state index >= 15 is 0 Å². The molecule has 4 atom stereocenters. The molecule has 0 radical (unpaired) electrons. The Morgan fingerprint density at radius 3 is 1.61 bits per heavy atom. The molecule has 0 spiro atoms. The maximum atomic E-state index is 14.3. The molecule has 0 aromatic rings. The predicted octanol–water partition coefficient (Wildman–Crippen LogP) is 6.41. The highest BCUT2D eigenvalue weighted by atomic mass is 16.5. The largest absolute Gasteiger partial charge is 0.368 e. The Hall–Kier alpha value is -0.570. The first-order valence-corrected chi connectivity index (χ1v) is 11.5. The second-order valence-corrected chi connectivity index (χ2v) is 11.6. The van der Waals surface area contributed by atoms with Gasteiger partial charge < -0.3 is 9.64 Å². The summed E-state index contributed by atoms with van der Waals surface area (Å²) in [5.74, 6) is 1.55. The molecule has 1 aliphatic heterocycles. The smallest absolute Gasteiger partial charge is 0.229 e. The van der Waals surface area contributed by atoms with E-state index in [0.29, 0.717) is 5.92 Å². The minimum absolute atomic E-state index is 0.0778. The van der Waals surface area contributed by atoms with E-state index in [2.05, 4.69) is 102 Å². The van der Waals surface area contributed by atoms with Crippen molar-refractivity contribution in [3.63, 3.8) is 0 Å². The Morgan fingerprint density at radius 1 is 0.857 bits per heavy atom. The normalized spacial score (nSPS) is 33.0. The topological polar surface area (TPSA) is 29.5 Å². The van der Waals surface area contributed by atoms with Gasteiger partial charge in [0.2, 0.25) is 5.91 Å². The molecule has 0 N–H and O–H groups in total. The molecule has 166 valence electrons. The van der Waals surface area contributed by atoms with Gasteiger partial charge in [-0.1, -0.05) is 69.2 Å². The standard InChI is InChI=1S/C25H49NO2/c1-15(2)20-21(16(3)4)28-25(14,19(9)10)24(13,18(7)8)26(22(20)27)23(11,12)17(5)6/h15-21H,1-14H3. The molecule has 0 aromatic heterocycles. The highest BCUT2D eigenvalue weighted by Gasteiger charge is 2.63. The molecule has 1 aliphatic rings. The van der Waals surface area contributed by atoms with E-state index < -0.39 is 11.1 Å². The molecule has 1 fully saturated rings. The highest BCUT2D eigenvalue weighted by molar-refractivity contribution is 5.82. The predicted molar refractivity (Wildman–Crippen MR) is 120 cm³/mol. The zero-order valence-electron chi connectivity index (χ0n) is 21.3. The molecular weight excluding hydrogens is 346 g/mol. The van der Waals surface area contributed by atoms with Gasteiger partial charge in [0.1, 0.15) is 0 Å². The van der Waals surface area contributed by atoms with Crippen LogP contribution >= 0.6 is 0 Å². The van der Waals surface area contributed by atoms with Crippen molar-refractivity contribution in [2.24, 2.45) is 35.5 Å². The second kappa shape index (κ2) is 8.28. The van der Waals surface area contributed by atoms with Gasteiger partial charge in [-0.2, -0.15) is 0 Å². The number of ether oxygens (including phenoxy) is 1. The first-order chi connectivity index (χ1) is 12.5. The molecular formula is C25H49NO2. The number of carbonyl (C=O) groups is 1. The number of amides is 1. The summed E-state index contributed by atoms with van der Waals surface area (Å²) < 4.78 is 7.09. The van der Waals surface area contributed by atoms with Crippen LogP contribution in [0.5, 0.6) is 0 Å². The fourth-order valence-electron chi connectivity index (χ4n) is 5.12. The van der Waals surface area contributed by atoms with Gasteiger partial charge in [0.05, 0.1) is 23.2 Å². The molecule has 1 heterocycles. The third-order valence-corrected chi connectivity index (χ3v) is 8.30. The first kappa shape index (κ1) is 25.5. The van der Waals surface area contributed by atoms with E-state index in [-0.39, 0.29) is 47.1 Å². The van der Waals surface area contributed by atoms with Gasteiger partial charge in [-0.25, -0.2) is 0 Å². The summed E-state index contributed by atoms with van der Waals surface area (Å²) in [6, 6.07) is 0. The SMILES string of the molecule is CC(C)C1OC(C)(C(C)C)C(C)(C(C)C)N(C(C)(C)C(C)C)C(=O)C1C(C)C. The van der Waals surface area contributed by atoms with Crippen molar-refractivity contribution in [1.82, 2.24) is 4.90 Å². The Morgan fingerprint density at radius 2 is 1.32 bits per heavy atom. The number of carbonyl (C=O) groups excluding carboxylic acids is 1. The van der Waals surface area contributed by atoms with Crippen LogP contribution in [0.2, 0.25) is 0 Å². The van der Waals surface area contributed by atoms with E-state index in [9.17, 15) is 4.79 Å². The molecule has 0 aliphatic carbocycles. The van der Waals surface area contributed by atoms with Crippen LogP contribution in [-0.2, 0) is 9.53 Å². The third-order valence-electron chi connectivity index (χ3n) is 8.30. The van der Waals surface area contributed by atoms with Crippen molar-refractivity contribution in [3.05, 3.63) is 0 Å². The molecule has 3 nitrogen and oxygen atoms in total. The molecule has 3 heteroatoms. The van der Waals surface area contributed by atoms with Crippen molar-refractivity contribution in [3.8, 4) is 0 Å². The monoisotopic (exact) mass is 395 g/mol. The molecule has 0 saturated carbocycles. The summed E-state index contributed by atoms with van der Waals surface area (Å²) in [6.45, 7) is 31.2. The van der Waals surface area contributed by atoms with Crippen LogP contribution in [0.25, 0.3) is 0 Å². The highest BCUT2D eigenvalue weighted by Crippen LogP contribution is 2.52.